The summed E-state index contributed by atoms with van der Waals surface area (Å²) in [6, 6.07) is 2.76. The molecular formula is C10H16N2. The Balaban J connectivity index is 2.31. The molecule has 0 aliphatic carbocycles. The molecule has 2 N–H and O–H groups in total. The maximum absolute atomic E-state index is 3.54. The molecule has 0 radical (unpaired) electrons. The molecule has 1 aliphatic heterocycles. The number of nitrogens with one attached hydrogen (secondary N) is 2. The van der Waals surface area contributed by atoms with Crippen LogP contribution in [0.1, 0.15) is 31.1 Å². The maximum atomic E-state index is 3.54. The SMILES string of the molecule is CC(C)C1NCCc2[nH]ccc21. The van der Waals surface area contributed by atoms with Crippen LogP contribution in [-0.2, 0) is 6.42 Å². The standard InChI is InChI=1S/C10H16N2/c1-7(2)10-8-3-5-11-9(8)4-6-12-10/h3,5,7,10-12H,4,6H2,1-2H3. The quantitative estimate of drug-likeness (QED) is 0.651. The highest BCUT2D eigenvalue weighted by molar-refractivity contribution is 5.27. The monoisotopic (exact) mass is 164 g/mol. The third-order valence-electron chi connectivity index (χ3n) is 2.61. The van der Waals surface area contributed by atoms with Crippen LogP contribution in [0.25, 0.3) is 0 Å². The molecule has 2 rings (SSSR count). The van der Waals surface area contributed by atoms with E-state index in [0.717, 1.165) is 13.0 Å². The second-order valence-electron chi connectivity index (χ2n) is 3.84. The Morgan fingerprint density at radius 1 is 1.50 bits per heavy atom. The van der Waals surface area contributed by atoms with Gasteiger partial charge in [0.1, 0.15) is 0 Å². The molecule has 1 aromatic heterocycles. The van der Waals surface area contributed by atoms with E-state index in [1.54, 1.807) is 0 Å². The van der Waals surface area contributed by atoms with Crippen molar-refractivity contribution in [2.24, 2.45) is 5.92 Å². The fourth-order valence-corrected chi connectivity index (χ4v) is 1.98. The van der Waals surface area contributed by atoms with E-state index in [2.05, 4.69) is 30.2 Å². The van der Waals surface area contributed by atoms with Crippen molar-refractivity contribution in [1.29, 1.82) is 0 Å². The second kappa shape index (κ2) is 2.94. The van der Waals surface area contributed by atoms with Gasteiger partial charge in [0.2, 0.25) is 0 Å². The van der Waals surface area contributed by atoms with E-state index in [1.807, 2.05) is 6.20 Å². The average Bonchev–Trinajstić information content (AvgIpc) is 2.49. The van der Waals surface area contributed by atoms with Gasteiger partial charge in [0.25, 0.3) is 0 Å². The molecule has 2 heterocycles. The van der Waals surface area contributed by atoms with Gasteiger partial charge in [-0.1, -0.05) is 13.8 Å². The zero-order valence-corrected chi connectivity index (χ0v) is 7.72. The van der Waals surface area contributed by atoms with Crippen LogP contribution in [0.2, 0.25) is 0 Å². The topological polar surface area (TPSA) is 27.8 Å². The fraction of sp³-hybridized carbons (Fsp3) is 0.600. The molecule has 0 bridgehead atoms. The van der Waals surface area contributed by atoms with Gasteiger partial charge < -0.3 is 10.3 Å². The lowest BCUT2D eigenvalue weighted by Crippen LogP contribution is -2.32. The Morgan fingerprint density at radius 3 is 3.08 bits per heavy atom. The molecule has 0 spiro atoms. The Morgan fingerprint density at radius 2 is 2.33 bits per heavy atom. The number of fused-ring (bicyclic) bond motifs is 1. The predicted molar refractivity (Wildman–Crippen MR) is 50.1 cm³/mol. The minimum atomic E-state index is 0.556. The first-order valence-corrected chi connectivity index (χ1v) is 4.68. The molecule has 12 heavy (non-hydrogen) atoms. The lowest BCUT2D eigenvalue weighted by atomic mass is 9.92. The first-order valence-electron chi connectivity index (χ1n) is 4.68. The van der Waals surface area contributed by atoms with Crippen molar-refractivity contribution >= 4 is 0 Å². The molecule has 66 valence electrons. The lowest BCUT2D eigenvalue weighted by Gasteiger charge is -2.27. The van der Waals surface area contributed by atoms with Crippen molar-refractivity contribution in [1.82, 2.24) is 10.3 Å². The summed E-state index contributed by atoms with van der Waals surface area (Å²) in [4.78, 5) is 3.30. The number of rotatable bonds is 1. The van der Waals surface area contributed by atoms with Gasteiger partial charge in [-0.3, -0.25) is 0 Å². The zero-order valence-electron chi connectivity index (χ0n) is 7.72. The zero-order chi connectivity index (χ0) is 8.55. The number of H-pyrrole nitrogens is 1. The summed E-state index contributed by atoms with van der Waals surface area (Å²) in [5.74, 6) is 0.680. The molecule has 2 nitrogen and oxygen atoms in total. The molecule has 0 fully saturated rings. The van der Waals surface area contributed by atoms with Crippen molar-refractivity contribution in [2.75, 3.05) is 6.54 Å². The van der Waals surface area contributed by atoms with Crippen molar-refractivity contribution < 1.29 is 0 Å². The molecule has 0 amide bonds. The summed E-state index contributed by atoms with van der Waals surface area (Å²) in [5, 5.41) is 3.54. The molecule has 1 aromatic rings. The molecule has 2 heteroatoms. The molecule has 1 atom stereocenters. The minimum absolute atomic E-state index is 0.556. The van der Waals surface area contributed by atoms with Crippen molar-refractivity contribution in [3.05, 3.63) is 23.5 Å². The second-order valence-corrected chi connectivity index (χ2v) is 3.84. The van der Waals surface area contributed by atoms with E-state index >= 15 is 0 Å². The highest BCUT2D eigenvalue weighted by atomic mass is 14.9. The Labute approximate surface area is 73.4 Å². The van der Waals surface area contributed by atoms with E-state index in [-0.39, 0.29) is 0 Å². The van der Waals surface area contributed by atoms with Gasteiger partial charge in [0.05, 0.1) is 0 Å². The summed E-state index contributed by atoms with van der Waals surface area (Å²) >= 11 is 0. The van der Waals surface area contributed by atoms with Crippen LogP contribution in [0.5, 0.6) is 0 Å². The third-order valence-corrected chi connectivity index (χ3v) is 2.61. The summed E-state index contributed by atoms with van der Waals surface area (Å²) in [7, 11) is 0. The van der Waals surface area contributed by atoms with E-state index in [4.69, 9.17) is 0 Å². The number of aromatic amines is 1. The Kier molecular flexibility index (Phi) is 1.93. The van der Waals surface area contributed by atoms with Gasteiger partial charge in [-0.15, -0.1) is 0 Å². The number of hydrogen-bond donors (Lipinski definition) is 2. The van der Waals surface area contributed by atoms with Crippen LogP contribution in [0.3, 0.4) is 0 Å². The highest BCUT2D eigenvalue weighted by Gasteiger charge is 2.22. The molecular weight excluding hydrogens is 148 g/mol. The summed E-state index contributed by atoms with van der Waals surface area (Å²) in [6.45, 7) is 5.63. The van der Waals surface area contributed by atoms with Crippen LogP contribution in [0, 0.1) is 5.92 Å². The van der Waals surface area contributed by atoms with Gasteiger partial charge in [-0.05, 0) is 17.5 Å². The smallest absolute Gasteiger partial charge is 0.0361 e. The van der Waals surface area contributed by atoms with Gasteiger partial charge in [0.15, 0.2) is 0 Å². The maximum Gasteiger partial charge on any atom is 0.0361 e. The number of aromatic nitrogens is 1. The fourth-order valence-electron chi connectivity index (χ4n) is 1.98. The van der Waals surface area contributed by atoms with Crippen molar-refractivity contribution in [3.8, 4) is 0 Å². The average molecular weight is 164 g/mol. The Hall–Kier alpha value is -0.760. The third kappa shape index (κ3) is 1.16. The molecule has 0 saturated heterocycles. The molecule has 1 aliphatic rings. The highest BCUT2D eigenvalue weighted by Crippen LogP contribution is 2.27. The van der Waals surface area contributed by atoms with E-state index in [0.29, 0.717) is 12.0 Å². The van der Waals surface area contributed by atoms with Crippen LogP contribution in [0.4, 0.5) is 0 Å². The minimum Gasteiger partial charge on any atom is -0.365 e. The van der Waals surface area contributed by atoms with Crippen LogP contribution in [0.15, 0.2) is 12.3 Å². The largest absolute Gasteiger partial charge is 0.365 e. The van der Waals surface area contributed by atoms with Crippen molar-refractivity contribution in [2.45, 2.75) is 26.3 Å². The Bertz CT molecular complexity index is 263. The normalized spacial score (nSPS) is 22.8. The predicted octanol–water partition coefficient (Wildman–Crippen LogP) is 1.86. The van der Waals surface area contributed by atoms with Crippen LogP contribution < -0.4 is 5.32 Å². The van der Waals surface area contributed by atoms with Gasteiger partial charge in [0, 0.05) is 30.9 Å². The van der Waals surface area contributed by atoms with E-state index in [9.17, 15) is 0 Å². The summed E-state index contributed by atoms with van der Waals surface area (Å²) < 4.78 is 0. The van der Waals surface area contributed by atoms with Crippen molar-refractivity contribution in [3.63, 3.8) is 0 Å². The van der Waals surface area contributed by atoms with Crippen LogP contribution >= 0.6 is 0 Å². The van der Waals surface area contributed by atoms with Gasteiger partial charge in [-0.25, -0.2) is 0 Å². The van der Waals surface area contributed by atoms with E-state index in [1.165, 1.54) is 11.3 Å². The summed E-state index contributed by atoms with van der Waals surface area (Å²) in [5.41, 5.74) is 2.89. The molecule has 1 unspecified atom stereocenters. The van der Waals surface area contributed by atoms with Crippen LogP contribution in [-0.4, -0.2) is 11.5 Å². The van der Waals surface area contributed by atoms with E-state index < -0.39 is 0 Å². The first-order chi connectivity index (χ1) is 5.79. The lowest BCUT2D eigenvalue weighted by molar-refractivity contribution is 0.394. The summed E-state index contributed by atoms with van der Waals surface area (Å²) in [6.07, 6.45) is 3.19. The van der Waals surface area contributed by atoms with Gasteiger partial charge >= 0.3 is 0 Å². The molecule has 0 aromatic carbocycles. The van der Waals surface area contributed by atoms with Gasteiger partial charge in [-0.2, -0.15) is 0 Å². The first kappa shape index (κ1) is 7.87. The molecule has 0 saturated carbocycles. The number of hydrogen-bond acceptors (Lipinski definition) is 1.